The van der Waals surface area contributed by atoms with Crippen LogP contribution in [-0.2, 0) is 14.3 Å². The zero-order chi connectivity index (χ0) is 19.8. The summed E-state index contributed by atoms with van der Waals surface area (Å²) in [6.07, 6.45) is 0. The Balaban J connectivity index is 1.79. The monoisotopic (exact) mass is 369 g/mol. The summed E-state index contributed by atoms with van der Waals surface area (Å²) >= 11 is 0. The molecule has 0 spiro atoms. The van der Waals surface area contributed by atoms with Crippen molar-refractivity contribution in [3.05, 3.63) is 65.2 Å². The molecule has 0 radical (unpaired) electrons. The topological polar surface area (TPSA) is 64.6 Å². The number of aryl methyl sites for hydroxylation is 1. The highest BCUT2D eigenvalue weighted by Gasteiger charge is 2.14. The molecule has 0 aliphatic heterocycles. The van der Waals surface area contributed by atoms with Gasteiger partial charge in [-0.25, -0.2) is 4.79 Å². The van der Waals surface area contributed by atoms with E-state index in [9.17, 15) is 9.59 Å². The van der Waals surface area contributed by atoms with Crippen molar-refractivity contribution < 1.29 is 19.1 Å². The molecule has 5 nitrogen and oxygen atoms in total. The van der Waals surface area contributed by atoms with Crippen molar-refractivity contribution >= 4 is 11.9 Å². The number of hydrogen-bond acceptors (Lipinski definition) is 4. The summed E-state index contributed by atoms with van der Waals surface area (Å²) in [6, 6.07) is 15.3. The number of carbonyl (C=O) groups excluding carboxylic acids is 2. The highest BCUT2D eigenvalue weighted by atomic mass is 16.6. The molecule has 0 aliphatic carbocycles. The van der Waals surface area contributed by atoms with E-state index in [0.717, 1.165) is 16.7 Å². The summed E-state index contributed by atoms with van der Waals surface area (Å²) < 4.78 is 10.6. The first-order chi connectivity index (χ1) is 12.9. The molecule has 1 atom stereocenters. The van der Waals surface area contributed by atoms with Crippen LogP contribution in [0.2, 0.25) is 0 Å². The summed E-state index contributed by atoms with van der Waals surface area (Å²) in [7, 11) is 0. The maximum Gasteiger partial charge on any atom is 0.344 e. The standard InChI is InChI=1S/C22H27NO4/c1-15(2)19-11-10-16(3)12-20(19)26-14-22(25)27-13-21(24)23-17(4)18-8-6-5-7-9-18/h5-12,15,17H,13-14H2,1-4H3,(H,23,24)/t17-/m1/s1. The van der Waals surface area contributed by atoms with Crippen LogP contribution in [0.4, 0.5) is 0 Å². The number of ether oxygens (including phenoxy) is 2. The fraction of sp³-hybridized carbons (Fsp3) is 0.364. The molecule has 5 heteroatoms. The van der Waals surface area contributed by atoms with Crippen LogP contribution in [0.15, 0.2) is 48.5 Å². The van der Waals surface area contributed by atoms with E-state index in [1.807, 2.05) is 62.4 Å². The summed E-state index contributed by atoms with van der Waals surface area (Å²) in [5.74, 6) is 0.0258. The van der Waals surface area contributed by atoms with E-state index in [1.54, 1.807) is 0 Å². The van der Waals surface area contributed by atoms with Gasteiger partial charge in [0.25, 0.3) is 5.91 Å². The Morgan fingerprint density at radius 1 is 1.00 bits per heavy atom. The average Bonchev–Trinajstić information content (AvgIpc) is 2.65. The Bertz CT molecular complexity index is 771. The first-order valence-corrected chi connectivity index (χ1v) is 9.10. The van der Waals surface area contributed by atoms with Gasteiger partial charge in [-0.2, -0.15) is 0 Å². The van der Waals surface area contributed by atoms with Crippen LogP contribution in [0.25, 0.3) is 0 Å². The second-order valence-electron chi connectivity index (χ2n) is 6.85. The van der Waals surface area contributed by atoms with Gasteiger partial charge in [0.15, 0.2) is 13.2 Å². The lowest BCUT2D eigenvalue weighted by atomic mass is 10.0. The Kier molecular flexibility index (Phi) is 7.41. The molecule has 0 aromatic heterocycles. The van der Waals surface area contributed by atoms with E-state index in [4.69, 9.17) is 9.47 Å². The SMILES string of the molecule is Cc1ccc(C(C)C)c(OCC(=O)OCC(=O)N[C@H](C)c2ccccc2)c1. The molecule has 2 rings (SSSR count). The lowest BCUT2D eigenvalue weighted by Crippen LogP contribution is -2.32. The summed E-state index contributed by atoms with van der Waals surface area (Å²) in [6.45, 7) is 7.41. The molecule has 0 heterocycles. The second kappa shape index (κ2) is 9.76. The van der Waals surface area contributed by atoms with Crippen LogP contribution >= 0.6 is 0 Å². The van der Waals surface area contributed by atoms with Crippen molar-refractivity contribution in [2.24, 2.45) is 0 Å². The molecule has 2 aromatic carbocycles. The van der Waals surface area contributed by atoms with Crippen molar-refractivity contribution in [1.29, 1.82) is 0 Å². The maximum atomic E-state index is 12.0. The van der Waals surface area contributed by atoms with E-state index in [1.165, 1.54) is 0 Å². The van der Waals surface area contributed by atoms with Gasteiger partial charge in [-0.05, 0) is 42.5 Å². The second-order valence-corrected chi connectivity index (χ2v) is 6.85. The molecule has 27 heavy (non-hydrogen) atoms. The van der Waals surface area contributed by atoms with Crippen molar-refractivity contribution in [3.8, 4) is 5.75 Å². The molecule has 2 aromatic rings. The molecule has 1 N–H and O–H groups in total. The first kappa shape index (κ1) is 20.5. The molecule has 0 aliphatic rings. The van der Waals surface area contributed by atoms with Crippen LogP contribution in [-0.4, -0.2) is 25.1 Å². The summed E-state index contributed by atoms with van der Waals surface area (Å²) in [5, 5.41) is 2.80. The van der Waals surface area contributed by atoms with Gasteiger partial charge in [-0.1, -0.05) is 56.3 Å². The van der Waals surface area contributed by atoms with Crippen LogP contribution in [0.3, 0.4) is 0 Å². The highest BCUT2D eigenvalue weighted by Crippen LogP contribution is 2.27. The smallest absolute Gasteiger partial charge is 0.344 e. The Morgan fingerprint density at radius 3 is 2.37 bits per heavy atom. The minimum atomic E-state index is -0.575. The van der Waals surface area contributed by atoms with Crippen molar-refractivity contribution in [1.82, 2.24) is 5.32 Å². The van der Waals surface area contributed by atoms with Gasteiger partial charge in [-0.15, -0.1) is 0 Å². The third-order valence-corrected chi connectivity index (χ3v) is 4.18. The lowest BCUT2D eigenvalue weighted by Gasteiger charge is -2.15. The van der Waals surface area contributed by atoms with Crippen LogP contribution < -0.4 is 10.1 Å². The van der Waals surface area contributed by atoms with Crippen LogP contribution in [0, 0.1) is 6.92 Å². The highest BCUT2D eigenvalue weighted by molar-refractivity contribution is 5.81. The molecule has 144 valence electrons. The normalized spacial score (nSPS) is 11.7. The van der Waals surface area contributed by atoms with E-state index >= 15 is 0 Å². The molecule has 0 unspecified atom stereocenters. The van der Waals surface area contributed by atoms with Crippen LogP contribution in [0.1, 0.15) is 49.4 Å². The first-order valence-electron chi connectivity index (χ1n) is 9.10. The Labute approximate surface area is 160 Å². The maximum absolute atomic E-state index is 12.0. The number of hydrogen-bond donors (Lipinski definition) is 1. The number of nitrogens with one attached hydrogen (secondary N) is 1. The van der Waals surface area contributed by atoms with E-state index in [-0.39, 0.29) is 31.1 Å². The van der Waals surface area contributed by atoms with E-state index < -0.39 is 5.97 Å². The quantitative estimate of drug-likeness (QED) is 0.717. The fourth-order valence-electron chi connectivity index (χ4n) is 2.68. The summed E-state index contributed by atoms with van der Waals surface area (Å²) in [4.78, 5) is 23.9. The number of rotatable bonds is 8. The van der Waals surface area contributed by atoms with Gasteiger partial charge in [0.05, 0.1) is 6.04 Å². The molecule has 0 saturated heterocycles. The fourth-order valence-corrected chi connectivity index (χ4v) is 2.68. The number of benzene rings is 2. The van der Waals surface area contributed by atoms with Crippen molar-refractivity contribution in [2.75, 3.05) is 13.2 Å². The third kappa shape index (κ3) is 6.44. The number of amides is 1. The van der Waals surface area contributed by atoms with Gasteiger partial charge in [0, 0.05) is 0 Å². The molecule has 0 saturated carbocycles. The summed E-state index contributed by atoms with van der Waals surface area (Å²) in [5.41, 5.74) is 3.07. The minimum absolute atomic E-state index is 0.158. The van der Waals surface area contributed by atoms with Gasteiger partial charge in [0.1, 0.15) is 5.75 Å². The Morgan fingerprint density at radius 2 is 1.70 bits per heavy atom. The number of carbonyl (C=O) groups is 2. The number of esters is 1. The van der Waals surface area contributed by atoms with Gasteiger partial charge in [0.2, 0.25) is 0 Å². The molecule has 1 amide bonds. The van der Waals surface area contributed by atoms with Crippen molar-refractivity contribution in [3.63, 3.8) is 0 Å². The van der Waals surface area contributed by atoms with Gasteiger partial charge in [-0.3, -0.25) is 4.79 Å². The molecule has 0 bridgehead atoms. The lowest BCUT2D eigenvalue weighted by molar-refractivity contribution is -0.150. The third-order valence-electron chi connectivity index (χ3n) is 4.18. The minimum Gasteiger partial charge on any atom is -0.482 e. The predicted octanol–water partition coefficient (Wildman–Crippen LogP) is 3.92. The van der Waals surface area contributed by atoms with Gasteiger partial charge >= 0.3 is 5.97 Å². The molecular weight excluding hydrogens is 342 g/mol. The molecule has 0 fully saturated rings. The van der Waals surface area contributed by atoms with E-state index in [0.29, 0.717) is 5.75 Å². The largest absolute Gasteiger partial charge is 0.482 e. The predicted molar refractivity (Wildman–Crippen MR) is 105 cm³/mol. The Hall–Kier alpha value is -2.82. The van der Waals surface area contributed by atoms with Crippen LogP contribution in [0.5, 0.6) is 5.75 Å². The van der Waals surface area contributed by atoms with Crippen molar-refractivity contribution in [2.45, 2.75) is 39.7 Å². The zero-order valence-corrected chi connectivity index (χ0v) is 16.3. The zero-order valence-electron chi connectivity index (χ0n) is 16.3. The molecular formula is C22H27NO4. The average molecular weight is 369 g/mol. The van der Waals surface area contributed by atoms with Gasteiger partial charge < -0.3 is 14.8 Å². The van der Waals surface area contributed by atoms with E-state index in [2.05, 4.69) is 19.2 Å².